The van der Waals surface area contributed by atoms with Gasteiger partial charge < -0.3 is 16.0 Å². The summed E-state index contributed by atoms with van der Waals surface area (Å²) in [6, 6.07) is 11.5. The number of aliphatic imine (C=N–C) groups is 1. The van der Waals surface area contributed by atoms with E-state index in [1.54, 1.807) is 30.9 Å². The quantitative estimate of drug-likeness (QED) is 0.240. The number of amides is 2. The van der Waals surface area contributed by atoms with Gasteiger partial charge in [0.25, 0.3) is 0 Å². The molecule has 2 aromatic heterocycles. The topological polar surface area (TPSA) is 121 Å². The molecule has 0 bridgehead atoms. The van der Waals surface area contributed by atoms with Crippen LogP contribution in [0.25, 0.3) is 0 Å². The van der Waals surface area contributed by atoms with Crippen LogP contribution in [0.2, 0.25) is 0 Å². The highest BCUT2D eigenvalue weighted by Crippen LogP contribution is 2.26. The van der Waals surface area contributed by atoms with E-state index in [4.69, 9.17) is 5.73 Å². The Kier molecular flexibility index (Phi) is 8.10. The summed E-state index contributed by atoms with van der Waals surface area (Å²) in [4.78, 5) is 27.2. The first-order valence-corrected chi connectivity index (χ1v) is 10.1. The third-order valence-corrected chi connectivity index (χ3v) is 4.71. The van der Waals surface area contributed by atoms with Gasteiger partial charge in [0.1, 0.15) is 5.82 Å². The molecule has 3 aromatic rings. The Hall–Kier alpha value is -3.75. The molecule has 2 amide bonds. The molecular weight excluding hydrogens is 397 g/mol. The summed E-state index contributed by atoms with van der Waals surface area (Å²) in [5, 5.41) is 5.67. The van der Waals surface area contributed by atoms with Gasteiger partial charge in [-0.1, -0.05) is 18.2 Å². The second kappa shape index (κ2) is 11.4. The molecule has 1 unspecified atom stereocenters. The molecule has 0 radical (unpaired) electrons. The molecule has 5 N–H and O–H groups in total. The van der Waals surface area contributed by atoms with Gasteiger partial charge in [0, 0.05) is 42.8 Å². The first kappa shape index (κ1) is 21.9. The number of hydrogen-bond acceptors (Lipinski definition) is 4. The lowest BCUT2D eigenvalue weighted by atomic mass is 9.92. The standard InChI is InChI=1S/C22H26FN7O/c23-17-8-6-16(7-9-17)19(20-5-1-2-11-26-20)10-13-28-22(30-21(24)31)27-12-3-4-18-14-25-15-29-18/h1-2,5-9,11,14-15,19H,3-4,10,12-13H2,(H,25,29)(H4,24,27,28,30,31). The molecule has 0 spiro atoms. The lowest BCUT2D eigenvalue weighted by Crippen LogP contribution is -2.44. The fraction of sp³-hybridized carbons (Fsp3) is 0.273. The predicted molar refractivity (Wildman–Crippen MR) is 117 cm³/mol. The van der Waals surface area contributed by atoms with Crippen LogP contribution in [0.15, 0.2) is 66.2 Å². The van der Waals surface area contributed by atoms with E-state index in [-0.39, 0.29) is 11.7 Å². The lowest BCUT2D eigenvalue weighted by molar-refractivity contribution is 0.253. The van der Waals surface area contributed by atoms with Crippen LogP contribution in [0.4, 0.5) is 9.18 Å². The van der Waals surface area contributed by atoms with Crippen LogP contribution >= 0.6 is 0 Å². The van der Waals surface area contributed by atoms with Crippen molar-refractivity contribution in [1.29, 1.82) is 0 Å². The number of nitrogens with zero attached hydrogens (tertiary/aromatic N) is 3. The van der Waals surface area contributed by atoms with E-state index in [1.165, 1.54) is 12.1 Å². The summed E-state index contributed by atoms with van der Waals surface area (Å²) >= 11 is 0. The van der Waals surface area contributed by atoms with Crippen LogP contribution in [-0.4, -0.2) is 40.0 Å². The number of urea groups is 1. The number of aromatic amines is 1. The number of guanidine groups is 1. The maximum absolute atomic E-state index is 13.4. The Labute approximate surface area is 180 Å². The van der Waals surface area contributed by atoms with Crippen LogP contribution in [0.1, 0.15) is 35.7 Å². The summed E-state index contributed by atoms with van der Waals surface area (Å²) < 4.78 is 13.4. The molecular formula is C22H26FN7O. The molecule has 3 rings (SSSR count). The van der Waals surface area contributed by atoms with Crippen LogP contribution < -0.4 is 16.4 Å². The molecule has 9 heteroatoms. The summed E-state index contributed by atoms with van der Waals surface area (Å²) in [6.07, 6.45) is 7.41. The number of nitrogens with one attached hydrogen (secondary N) is 3. The number of rotatable bonds is 9. The largest absolute Gasteiger partial charge is 0.356 e. The molecule has 0 aliphatic carbocycles. The molecule has 1 aromatic carbocycles. The van der Waals surface area contributed by atoms with Crippen molar-refractivity contribution in [2.24, 2.45) is 10.7 Å². The van der Waals surface area contributed by atoms with Crippen molar-refractivity contribution in [2.45, 2.75) is 25.2 Å². The molecule has 2 heterocycles. The van der Waals surface area contributed by atoms with E-state index >= 15 is 0 Å². The van der Waals surface area contributed by atoms with Crippen molar-refractivity contribution >= 4 is 12.0 Å². The van der Waals surface area contributed by atoms with Gasteiger partial charge in [0.2, 0.25) is 0 Å². The van der Waals surface area contributed by atoms with Gasteiger partial charge in [-0.3, -0.25) is 15.3 Å². The van der Waals surface area contributed by atoms with E-state index < -0.39 is 6.03 Å². The number of nitrogens with two attached hydrogens (primary N) is 1. The number of halogens is 1. The number of aryl methyl sites for hydroxylation is 1. The van der Waals surface area contributed by atoms with E-state index in [0.717, 1.165) is 29.8 Å². The van der Waals surface area contributed by atoms with Gasteiger partial charge in [-0.05, 0) is 49.1 Å². The van der Waals surface area contributed by atoms with E-state index in [9.17, 15) is 9.18 Å². The lowest BCUT2D eigenvalue weighted by Gasteiger charge is -2.18. The second-order valence-corrected chi connectivity index (χ2v) is 6.97. The summed E-state index contributed by atoms with van der Waals surface area (Å²) in [7, 11) is 0. The summed E-state index contributed by atoms with van der Waals surface area (Å²) in [5.41, 5.74) is 8.15. The zero-order valence-electron chi connectivity index (χ0n) is 17.1. The third kappa shape index (κ3) is 7.22. The molecule has 0 saturated carbocycles. The number of hydrogen-bond donors (Lipinski definition) is 4. The fourth-order valence-corrected chi connectivity index (χ4v) is 3.24. The van der Waals surface area contributed by atoms with Gasteiger partial charge in [-0.2, -0.15) is 0 Å². The van der Waals surface area contributed by atoms with Crippen molar-refractivity contribution in [3.63, 3.8) is 0 Å². The summed E-state index contributed by atoms with van der Waals surface area (Å²) in [5.74, 6) is 0.0114. The number of imidazole rings is 1. The minimum atomic E-state index is -0.681. The molecule has 0 aliphatic rings. The highest BCUT2D eigenvalue weighted by molar-refractivity contribution is 5.95. The molecule has 0 fully saturated rings. The molecule has 0 aliphatic heterocycles. The zero-order valence-corrected chi connectivity index (χ0v) is 17.1. The van der Waals surface area contributed by atoms with E-state index in [0.29, 0.717) is 25.5 Å². The SMILES string of the molecule is NC(=O)NC(=NCCCc1cnc[nH]1)NCCC(c1ccc(F)cc1)c1ccccn1. The monoisotopic (exact) mass is 423 g/mol. The highest BCUT2D eigenvalue weighted by Gasteiger charge is 2.16. The maximum Gasteiger partial charge on any atom is 0.318 e. The molecule has 1 atom stereocenters. The van der Waals surface area contributed by atoms with Gasteiger partial charge in [0.05, 0.1) is 6.33 Å². The number of carbonyl (C=O) groups excluding carboxylic acids is 1. The Morgan fingerprint density at radius 1 is 1.23 bits per heavy atom. The first-order valence-electron chi connectivity index (χ1n) is 10.1. The van der Waals surface area contributed by atoms with Crippen LogP contribution in [-0.2, 0) is 6.42 Å². The van der Waals surface area contributed by atoms with Crippen molar-refractivity contribution < 1.29 is 9.18 Å². The van der Waals surface area contributed by atoms with Gasteiger partial charge in [-0.15, -0.1) is 0 Å². The van der Waals surface area contributed by atoms with Crippen LogP contribution in [0.3, 0.4) is 0 Å². The Morgan fingerprint density at radius 2 is 2.06 bits per heavy atom. The van der Waals surface area contributed by atoms with Crippen molar-refractivity contribution in [3.05, 3.63) is 84.0 Å². The summed E-state index contributed by atoms with van der Waals surface area (Å²) in [6.45, 7) is 1.03. The average molecular weight is 423 g/mol. The van der Waals surface area contributed by atoms with E-state index in [1.807, 2.05) is 18.2 Å². The van der Waals surface area contributed by atoms with Crippen LogP contribution in [0.5, 0.6) is 0 Å². The van der Waals surface area contributed by atoms with Gasteiger partial charge in [-0.25, -0.2) is 14.2 Å². The van der Waals surface area contributed by atoms with Crippen LogP contribution in [0, 0.1) is 5.82 Å². The van der Waals surface area contributed by atoms with E-state index in [2.05, 4.69) is 30.6 Å². The van der Waals surface area contributed by atoms with Gasteiger partial charge >= 0.3 is 6.03 Å². The zero-order chi connectivity index (χ0) is 21.9. The second-order valence-electron chi connectivity index (χ2n) is 6.97. The molecule has 0 saturated heterocycles. The normalized spacial score (nSPS) is 12.4. The highest BCUT2D eigenvalue weighted by atomic mass is 19.1. The molecule has 31 heavy (non-hydrogen) atoms. The number of H-pyrrole nitrogens is 1. The Bertz CT molecular complexity index is 959. The fourth-order valence-electron chi connectivity index (χ4n) is 3.24. The molecule has 162 valence electrons. The number of primary amides is 1. The Balaban J connectivity index is 1.60. The number of aromatic nitrogens is 3. The van der Waals surface area contributed by atoms with Gasteiger partial charge in [0.15, 0.2) is 5.96 Å². The van der Waals surface area contributed by atoms with Crippen molar-refractivity contribution in [3.8, 4) is 0 Å². The maximum atomic E-state index is 13.4. The molecule has 8 nitrogen and oxygen atoms in total. The number of benzene rings is 1. The number of pyridine rings is 1. The minimum Gasteiger partial charge on any atom is -0.356 e. The van der Waals surface area contributed by atoms with Crippen molar-refractivity contribution in [1.82, 2.24) is 25.6 Å². The predicted octanol–water partition coefficient (Wildman–Crippen LogP) is 2.71. The third-order valence-electron chi connectivity index (χ3n) is 4.71. The number of carbonyl (C=O) groups is 1. The van der Waals surface area contributed by atoms with Crippen molar-refractivity contribution in [2.75, 3.05) is 13.1 Å². The first-order chi connectivity index (χ1) is 15.1. The average Bonchev–Trinajstić information content (AvgIpc) is 3.29. The Morgan fingerprint density at radius 3 is 2.74 bits per heavy atom. The minimum absolute atomic E-state index is 0.0375. The smallest absolute Gasteiger partial charge is 0.318 e.